The number of nitrogens with zero attached hydrogens (tertiary/aromatic N) is 3. The fraction of sp³-hybridized carbons (Fsp3) is 0.105. The second-order valence-corrected chi connectivity index (χ2v) is 5.98. The van der Waals surface area contributed by atoms with E-state index in [-0.39, 0.29) is 17.1 Å². The summed E-state index contributed by atoms with van der Waals surface area (Å²) in [6.07, 6.45) is 0. The number of aromatic nitrogens is 2. The van der Waals surface area contributed by atoms with E-state index >= 15 is 0 Å². The monoisotopic (exact) mass is 364 g/mol. The Morgan fingerprint density at radius 1 is 1.11 bits per heavy atom. The van der Waals surface area contributed by atoms with Gasteiger partial charge in [0.1, 0.15) is 5.69 Å². The number of aryl methyl sites for hydroxylation is 2. The first-order valence-electron chi connectivity index (χ1n) is 8.09. The van der Waals surface area contributed by atoms with E-state index in [0.29, 0.717) is 11.4 Å². The fourth-order valence-corrected chi connectivity index (χ4v) is 2.57. The molecule has 0 fully saturated rings. The summed E-state index contributed by atoms with van der Waals surface area (Å²) in [4.78, 5) is 35.5. The van der Waals surface area contributed by atoms with E-state index in [1.165, 1.54) is 28.9 Å². The van der Waals surface area contributed by atoms with Crippen molar-refractivity contribution < 1.29 is 9.72 Å². The molecule has 1 heterocycles. The highest BCUT2D eigenvalue weighted by Gasteiger charge is 2.20. The number of carbonyl (C=O) groups is 1. The Kier molecular flexibility index (Phi) is 4.80. The second-order valence-electron chi connectivity index (χ2n) is 5.98. The molecule has 0 spiro atoms. The van der Waals surface area contributed by atoms with Gasteiger partial charge in [0.05, 0.1) is 4.92 Å². The summed E-state index contributed by atoms with van der Waals surface area (Å²) in [6, 6.07) is 14.3. The maximum atomic E-state index is 12.5. The third-order valence-corrected chi connectivity index (χ3v) is 3.94. The summed E-state index contributed by atoms with van der Waals surface area (Å²) in [5.74, 6) is -0.684. The maximum Gasteiger partial charge on any atom is 0.294 e. The number of hydrogen-bond acceptors (Lipinski definition) is 5. The van der Waals surface area contributed by atoms with Crippen molar-refractivity contribution in [2.24, 2.45) is 0 Å². The molecule has 3 aromatic rings. The number of nitro groups is 1. The minimum absolute atomic E-state index is 0.171. The number of nitrogens with one attached hydrogen (secondary N) is 1. The minimum atomic E-state index is -0.684. The van der Waals surface area contributed by atoms with Crippen LogP contribution in [0.25, 0.3) is 5.69 Å². The normalized spacial score (nSPS) is 10.4. The lowest BCUT2D eigenvalue weighted by Crippen LogP contribution is -2.27. The first-order chi connectivity index (χ1) is 12.9. The molecular weight excluding hydrogens is 348 g/mol. The zero-order valence-corrected chi connectivity index (χ0v) is 14.7. The lowest BCUT2D eigenvalue weighted by Gasteiger charge is -2.11. The van der Waals surface area contributed by atoms with Crippen LogP contribution in [0.4, 0.5) is 11.4 Å². The summed E-state index contributed by atoms with van der Waals surface area (Å²) < 4.78 is 1.23. The average molecular weight is 364 g/mol. The topological polar surface area (TPSA) is 107 Å². The highest BCUT2D eigenvalue weighted by Crippen LogP contribution is 2.22. The van der Waals surface area contributed by atoms with Gasteiger partial charge in [-0.1, -0.05) is 29.8 Å². The van der Waals surface area contributed by atoms with E-state index in [9.17, 15) is 19.7 Å². The summed E-state index contributed by atoms with van der Waals surface area (Å²) in [7, 11) is 0. The Labute approximate surface area is 154 Å². The average Bonchev–Trinajstić information content (AvgIpc) is 2.63. The van der Waals surface area contributed by atoms with Crippen LogP contribution >= 0.6 is 0 Å². The molecule has 0 aliphatic rings. The Morgan fingerprint density at radius 2 is 1.78 bits per heavy atom. The van der Waals surface area contributed by atoms with Gasteiger partial charge < -0.3 is 5.32 Å². The van der Waals surface area contributed by atoms with Gasteiger partial charge in [-0.25, -0.2) is 4.68 Å². The molecule has 0 bridgehead atoms. The predicted octanol–water partition coefficient (Wildman–Crippen LogP) is 3.01. The Bertz CT molecular complexity index is 1090. The zero-order valence-electron chi connectivity index (χ0n) is 14.7. The molecule has 2 aromatic carbocycles. The van der Waals surface area contributed by atoms with Crippen LogP contribution < -0.4 is 10.7 Å². The Morgan fingerprint density at radius 3 is 2.44 bits per heavy atom. The van der Waals surface area contributed by atoms with Crippen LogP contribution in [0.3, 0.4) is 0 Å². The third kappa shape index (κ3) is 3.74. The smallest absolute Gasteiger partial charge is 0.294 e. The molecule has 1 N–H and O–H groups in total. The van der Waals surface area contributed by atoms with Crippen LogP contribution in [0.1, 0.15) is 21.7 Å². The van der Waals surface area contributed by atoms with Crippen LogP contribution in [0.15, 0.2) is 59.4 Å². The molecule has 1 aromatic heterocycles. The van der Waals surface area contributed by atoms with Gasteiger partial charge in [0.25, 0.3) is 11.6 Å². The number of amides is 1. The maximum absolute atomic E-state index is 12.5. The van der Waals surface area contributed by atoms with Crippen molar-refractivity contribution in [2.45, 2.75) is 13.8 Å². The highest BCUT2D eigenvalue weighted by atomic mass is 16.6. The van der Waals surface area contributed by atoms with Crippen LogP contribution in [-0.2, 0) is 0 Å². The molecule has 0 atom stereocenters. The van der Waals surface area contributed by atoms with Crippen LogP contribution in [0, 0.1) is 24.0 Å². The SMILES string of the molecule is Cc1ccc(NC(=O)c2nn(-c3ccccc3[N+](=O)[O-])c(C)cc2=O)cc1. The first kappa shape index (κ1) is 18.0. The van der Waals surface area contributed by atoms with E-state index < -0.39 is 16.3 Å². The molecule has 0 saturated heterocycles. The molecule has 27 heavy (non-hydrogen) atoms. The van der Waals surface area contributed by atoms with Crippen molar-refractivity contribution in [1.82, 2.24) is 9.78 Å². The van der Waals surface area contributed by atoms with Crippen LogP contribution in [-0.4, -0.2) is 20.6 Å². The van der Waals surface area contributed by atoms with Crippen molar-refractivity contribution in [1.29, 1.82) is 0 Å². The Balaban J connectivity index is 2.05. The molecule has 0 aliphatic carbocycles. The van der Waals surface area contributed by atoms with Gasteiger partial charge in [-0.3, -0.25) is 19.7 Å². The lowest BCUT2D eigenvalue weighted by molar-refractivity contribution is -0.384. The summed E-state index contributed by atoms with van der Waals surface area (Å²) >= 11 is 0. The van der Waals surface area contributed by atoms with Gasteiger partial charge >= 0.3 is 0 Å². The highest BCUT2D eigenvalue weighted by molar-refractivity contribution is 6.02. The number of rotatable bonds is 4. The number of hydrogen-bond donors (Lipinski definition) is 1. The van der Waals surface area contributed by atoms with Gasteiger partial charge in [0.2, 0.25) is 5.43 Å². The quantitative estimate of drug-likeness (QED) is 0.566. The molecule has 0 radical (unpaired) electrons. The van der Waals surface area contributed by atoms with Gasteiger partial charge in [-0.15, -0.1) is 0 Å². The molecule has 8 nitrogen and oxygen atoms in total. The van der Waals surface area contributed by atoms with E-state index in [0.717, 1.165) is 5.56 Å². The van der Waals surface area contributed by atoms with Gasteiger partial charge in [0, 0.05) is 23.5 Å². The molecule has 0 unspecified atom stereocenters. The van der Waals surface area contributed by atoms with Crippen molar-refractivity contribution in [2.75, 3.05) is 5.32 Å². The zero-order chi connectivity index (χ0) is 19.6. The minimum Gasteiger partial charge on any atom is -0.320 e. The number of anilines is 1. The standard InChI is InChI=1S/C19H16N4O4/c1-12-7-9-14(10-8-12)20-19(25)18-17(24)11-13(2)22(21-18)15-5-3-4-6-16(15)23(26)27/h3-11H,1-2H3,(H,20,25). The van der Waals surface area contributed by atoms with Crippen LogP contribution in [0.5, 0.6) is 0 Å². The van der Waals surface area contributed by atoms with Crippen molar-refractivity contribution in [3.8, 4) is 5.69 Å². The van der Waals surface area contributed by atoms with Crippen LogP contribution in [0.2, 0.25) is 0 Å². The van der Waals surface area contributed by atoms with E-state index in [1.54, 1.807) is 25.1 Å². The molecule has 0 aliphatic heterocycles. The van der Waals surface area contributed by atoms with Gasteiger partial charge in [-0.05, 0) is 32.0 Å². The fourth-order valence-electron chi connectivity index (χ4n) is 2.57. The molecule has 1 amide bonds. The summed E-state index contributed by atoms with van der Waals surface area (Å²) in [6.45, 7) is 3.51. The van der Waals surface area contributed by atoms with Gasteiger partial charge in [-0.2, -0.15) is 5.10 Å². The number of carbonyl (C=O) groups excluding carboxylic acids is 1. The lowest BCUT2D eigenvalue weighted by atomic mass is 10.2. The third-order valence-electron chi connectivity index (χ3n) is 3.94. The van der Waals surface area contributed by atoms with Crippen molar-refractivity contribution >= 4 is 17.3 Å². The molecule has 0 saturated carbocycles. The second kappa shape index (κ2) is 7.20. The van der Waals surface area contributed by atoms with E-state index in [1.807, 2.05) is 19.1 Å². The van der Waals surface area contributed by atoms with Crippen molar-refractivity contribution in [3.05, 3.63) is 91.9 Å². The number of benzene rings is 2. The van der Waals surface area contributed by atoms with E-state index in [4.69, 9.17) is 0 Å². The van der Waals surface area contributed by atoms with Gasteiger partial charge in [0.15, 0.2) is 5.69 Å². The predicted molar refractivity (Wildman–Crippen MR) is 100 cm³/mol. The largest absolute Gasteiger partial charge is 0.320 e. The first-order valence-corrected chi connectivity index (χ1v) is 8.09. The molecule has 136 valence electrons. The molecule has 8 heteroatoms. The summed E-state index contributed by atoms with van der Waals surface area (Å²) in [5.41, 5.74) is 1.00. The van der Waals surface area contributed by atoms with E-state index in [2.05, 4.69) is 10.4 Å². The number of para-hydroxylation sites is 2. The molecule has 3 rings (SSSR count). The van der Waals surface area contributed by atoms with Crippen molar-refractivity contribution in [3.63, 3.8) is 0 Å². The number of nitro benzene ring substituents is 1. The Hall–Kier alpha value is -3.81. The summed E-state index contributed by atoms with van der Waals surface area (Å²) in [5, 5.41) is 18.0. The molecular formula is C19H16N4O4.